The highest BCUT2D eigenvalue weighted by molar-refractivity contribution is 9.10. The Morgan fingerprint density at radius 3 is 2.72 bits per heavy atom. The Hall–Kier alpha value is -0.450. The molecule has 0 saturated heterocycles. The fraction of sp³-hybridized carbons (Fsp3) is 0.571. The van der Waals surface area contributed by atoms with Crippen LogP contribution >= 0.6 is 15.9 Å². The molecule has 0 radical (unpaired) electrons. The SMILES string of the molecule is CC(C)CCOCCNCc1cc(F)cc(Br)c1. The first-order valence-corrected chi connectivity index (χ1v) is 7.10. The van der Waals surface area contributed by atoms with E-state index in [9.17, 15) is 4.39 Å². The molecule has 102 valence electrons. The molecule has 0 heterocycles. The average molecular weight is 318 g/mol. The summed E-state index contributed by atoms with van der Waals surface area (Å²) in [6, 6.07) is 4.91. The molecular formula is C14H21BrFNO. The van der Waals surface area contributed by atoms with Gasteiger partial charge in [-0.2, -0.15) is 0 Å². The Labute approximate surface area is 117 Å². The van der Waals surface area contributed by atoms with E-state index in [0.29, 0.717) is 19.1 Å². The van der Waals surface area contributed by atoms with Crippen LogP contribution in [0.1, 0.15) is 25.8 Å². The minimum atomic E-state index is -0.214. The van der Waals surface area contributed by atoms with Gasteiger partial charge >= 0.3 is 0 Å². The molecule has 1 N–H and O–H groups in total. The van der Waals surface area contributed by atoms with Gasteiger partial charge in [0.25, 0.3) is 0 Å². The first-order valence-electron chi connectivity index (χ1n) is 6.31. The summed E-state index contributed by atoms with van der Waals surface area (Å²) in [4.78, 5) is 0. The van der Waals surface area contributed by atoms with Crippen LogP contribution in [0.2, 0.25) is 0 Å². The van der Waals surface area contributed by atoms with E-state index >= 15 is 0 Å². The van der Waals surface area contributed by atoms with Gasteiger partial charge in [-0.25, -0.2) is 4.39 Å². The van der Waals surface area contributed by atoms with Crippen molar-refractivity contribution in [2.24, 2.45) is 5.92 Å². The largest absolute Gasteiger partial charge is 0.380 e. The quantitative estimate of drug-likeness (QED) is 0.737. The molecule has 18 heavy (non-hydrogen) atoms. The topological polar surface area (TPSA) is 21.3 Å². The molecule has 0 atom stereocenters. The zero-order valence-corrected chi connectivity index (χ0v) is 12.6. The molecule has 1 aromatic rings. The Kier molecular flexibility index (Phi) is 7.47. The fourth-order valence-electron chi connectivity index (χ4n) is 1.51. The zero-order valence-electron chi connectivity index (χ0n) is 11.0. The lowest BCUT2D eigenvalue weighted by Crippen LogP contribution is -2.19. The molecule has 0 saturated carbocycles. The molecule has 0 bridgehead atoms. The maximum atomic E-state index is 13.1. The second-order valence-electron chi connectivity index (χ2n) is 4.75. The highest BCUT2D eigenvalue weighted by Crippen LogP contribution is 2.14. The average Bonchev–Trinajstić information content (AvgIpc) is 2.26. The van der Waals surface area contributed by atoms with Crippen LogP contribution in [0.3, 0.4) is 0 Å². The first-order chi connectivity index (χ1) is 8.58. The smallest absolute Gasteiger partial charge is 0.124 e. The molecule has 0 aromatic heterocycles. The highest BCUT2D eigenvalue weighted by atomic mass is 79.9. The minimum absolute atomic E-state index is 0.214. The fourth-order valence-corrected chi connectivity index (χ4v) is 2.02. The van der Waals surface area contributed by atoms with E-state index in [1.165, 1.54) is 12.1 Å². The van der Waals surface area contributed by atoms with E-state index in [-0.39, 0.29) is 5.82 Å². The first kappa shape index (κ1) is 15.6. The third kappa shape index (κ3) is 7.09. The summed E-state index contributed by atoms with van der Waals surface area (Å²) in [7, 11) is 0. The zero-order chi connectivity index (χ0) is 13.4. The van der Waals surface area contributed by atoms with Crippen molar-refractivity contribution in [3.05, 3.63) is 34.1 Å². The molecule has 1 rings (SSSR count). The van der Waals surface area contributed by atoms with Crippen molar-refractivity contribution in [1.29, 1.82) is 0 Å². The highest BCUT2D eigenvalue weighted by Gasteiger charge is 1.99. The van der Waals surface area contributed by atoms with Crippen molar-refractivity contribution in [3.63, 3.8) is 0 Å². The molecule has 0 amide bonds. The summed E-state index contributed by atoms with van der Waals surface area (Å²) >= 11 is 3.28. The van der Waals surface area contributed by atoms with E-state index in [0.717, 1.165) is 29.6 Å². The summed E-state index contributed by atoms with van der Waals surface area (Å²) in [5.74, 6) is 0.469. The number of hydrogen-bond acceptors (Lipinski definition) is 2. The Balaban J connectivity index is 2.10. The van der Waals surface area contributed by atoms with Gasteiger partial charge in [-0.3, -0.25) is 0 Å². The van der Waals surface area contributed by atoms with E-state index in [1.807, 2.05) is 6.07 Å². The van der Waals surface area contributed by atoms with Crippen LogP contribution in [-0.4, -0.2) is 19.8 Å². The normalized spacial score (nSPS) is 11.2. The van der Waals surface area contributed by atoms with Crippen LogP contribution in [0.15, 0.2) is 22.7 Å². The number of nitrogens with one attached hydrogen (secondary N) is 1. The van der Waals surface area contributed by atoms with Gasteiger partial charge in [0.15, 0.2) is 0 Å². The third-order valence-electron chi connectivity index (χ3n) is 2.51. The second-order valence-corrected chi connectivity index (χ2v) is 5.67. The van der Waals surface area contributed by atoms with Gasteiger partial charge in [0, 0.05) is 24.2 Å². The molecule has 0 unspecified atom stereocenters. The summed E-state index contributed by atoms with van der Waals surface area (Å²) in [6.07, 6.45) is 1.09. The lowest BCUT2D eigenvalue weighted by molar-refractivity contribution is 0.125. The standard InChI is InChI=1S/C14H21BrFNO/c1-11(2)3-5-18-6-4-17-10-12-7-13(15)9-14(16)8-12/h7-9,11,17H,3-6,10H2,1-2H3. The predicted octanol–water partition coefficient (Wildman–Crippen LogP) is 3.74. The summed E-state index contributed by atoms with van der Waals surface area (Å²) in [5.41, 5.74) is 0.934. The van der Waals surface area contributed by atoms with Gasteiger partial charge in [0.2, 0.25) is 0 Å². The Morgan fingerprint density at radius 2 is 2.06 bits per heavy atom. The van der Waals surface area contributed by atoms with E-state index in [4.69, 9.17) is 4.74 Å². The van der Waals surface area contributed by atoms with Gasteiger partial charge in [0.05, 0.1) is 6.61 Å². The van der Waals surface area contributed by atoms with Gasteiger partial charge < -0.3 is 10.1 Å². The number of rotatable bonds is 8. The van der Waals surface area contributed by atoms with Crippen LogP contribution in [0.4, 0.5) is 4.39 Å². The van der Waals surface area contributed by atoms with Crippen LogP contribution in [0.25, 0.3) is 0 Å². The third-order valence-corrected chi connectivity index (χ3v) is 2.97. The summed E-state index contributed by atoms with van der Waals surface area (Å²) < 4.78 is 19.4. The predicted molar refractivity (Wildman–Crippen MR) is 76.1 cm³/mol. The number of hydrogen-bond donors (Lipinski definition) is 1. The maximum absolute atomic E-state index is 13.1. The maximum Gasteiger partial charge on any atom is 0.124 e. The van der Waals surface area contributed by atoms with Crippen molar-refractivity contribution < 1.29 is 9.13 Å². The van der Waals surface area contributed by atoms with Crippen molar-refractivity contribution in [3.8, 4) is 0 Å². The van der Waals surface area contributed by atoms with Crippen LogP contribution in [-0.2, 0) is 11.3 Å². The Morgan fingerprint density at radius 1 is 1.28 bits per heavy atom. The van der Waals surface area contributed by atoms with Crippen LogP contribution < -0.4 is 5.32 Å². The monoisotopic (exact) mass is 317 g/mol. The van der Waals surface area contributed by atoms with Crippen LogP contribution in [0.5, 0.6) is 0 Å². The molecule has 0 spiro atoms. The van der Waals surface area contributed by atoms with Gasteiger partial charge in [0.1, 0.15) is 5.82 Å². The molecule has 1 aromatic carbocycles. The second kappa shape index (κ2) is 8.62. The molecular weight excluding hydrogens is 297 g/mol. The van der Waals surface area contributed by atoms with E-state index in [2.05, 4.69) is 35.1 Å². The summed E-state index contributed by atoms with van der Waals surface area (Å²) in [6.45, 7) is 7.32. The number of benzene rings is 1. The molecule has 0 aliphatic heterocycles. The number of ether oxygens (including phenoxy) is 1. The van der Waals surface area contributed by atoms with Crippen molar-refractivity contribution in [2.75, 3.05) is 19.8 Å². The van der Waals surface area contributed by atoms with E-state index < -0.39 is 0 Å². The Bertz CT molecular complexity index is 337. The lowest BCUT2D eigenvalue weighted by atomic mass is 10.1. The van der Waals surface area contributed by atoms with Crippen molar-refractivity contribution in [1.82, 2.24) is 5.32 Å². The summed E-state index contributed by atoms with van der Waals surface area (Å²) in [5, 5.41) is 3.23. The van der Waals surface area contributed by atoms with Crippen LogP contribution in [0, 0.1) is 11.7 Å². The van der Waals surface area contributed by atoms with Gasteiger partial charge in [-0.1, -0.05) is 29.8 Å². The van der Waals surface area contributed by atoms with Crippen molar-refractivity contribution in [2.45, 2.75) is 26.8 Å². The molecule has 2 nitrogen and oxygen atoms in total. The number of halogens is 2. The minimum Gasteiger partial charge on any atom is -0.380 e. The van der Waals surface area contributed by atoms with E-state index in [1.54, 1.807) is 0 Å². The van der Waals surface area contributed by atoms with Gasteiger partial charge in [-0.15, -0.1) is 0 Å². The molecule has 0 aliphatic rings. The molecule has 4 heteroatoms. The van der Waals surface area contributed by atoms with Crippen molar-refractivity contribution >= 4 is 15.9 Å². The molecule has 0 fully saturated rings. The lowest BCUT2D eigenvalue weighted by Gasteiger charge is -2.08. The molecule has 0 aliphatic carbocycles. The van der Waals surface area contributed by atoms with Gasteiger partial charge in [-0.05, 0) is 36.1 Å².